The van der Waals surface area contributed by atoms with Crippen LogP contribution in [0.3, 0.4) is 0 Å². The molecule has 0 aliphatic carbocycles. The fourth-order valence-electron chi connectivity index (χ4n) is 4.68. The maximum Gasteiger partial charge on any atom is 0.174 e. The smallest absolute Gasteiger partial charge is 0.174 e. The molecule has 5 nitrogen and oxygen atoms in total. The van der Waals surface area contributed by atoms with Gasteiger partial charge in [0.15, 0.2) is 5.11 Å². The van der Waals surface area contributed by atoms with Crippen LogP contribution in [0.15, 0.2) is 79.0 Å². The predicted molar refractivity (Wildman–Crippen MR) is 136 cm³/mol. The van der Waals surface area contributed by atoms with Gasteiger partial charge in [-0.05, 0) is 80.2 Å². The van der Waals surface area contributed by atoms with Crippen molar-refractivity contribution in [2.45, 2.75) is 25.9 Å². The third-order valence-electron chi connectivity index (χ3n) is 6.10. The van der Waals surface area contributed by atoms with Crippen molar-refractivity contribution >= 4 is 34.6 Å². The van der Waals surface area contributed by atoms with Gasteiger partial charge in [0.25, 0.3) is 0 Å². The van der Waals surface area contributed by atoms with Gasteiger partial charge in [-0.1, -0.05) is 35.9 Å². The Balaban J connectivity index is 1.71. The second kappa shape index (κ2) is 8.54. The van der Waals surface area contributed by atoms with Crippen LogP contribution in [-0.2, 0) is 0 Å². The average Bonchev–Trinajstić information content (AvgIpc) is 3.31. The Kier molecular flexibility index (Phi) is 5.56. The maximum absolute atomic E-state index is 10.7. The number of rotatable bonds is 4. The molecule has 33 heavy (non-hydrogen) atoms. The van der Waals surface area contributed by atoms with E-state index in [4.69, 9.17) is 23.8 Å². The summed E-state index contributed by atoms with van der Waals surface area (Å²) in [6, 6.07) is 22.9. The topological polar surface area (TPSA) is 53.3 Å². The summed E-state index contributed by atoms with van der Waals surface area (Å²) in [6.07, 6.45) is 1.78. The Bertz CT molecular complexity index is 1320. The Morgan fingerprint density at radius 1 is 1.00 bits per heavy atom. The minimum absolute atomic E-state index is 0.118. The zero-order chi connectivity index (χ0) is 23.1. The normalized spacial score (nSPS) is 17.9. The highest BCUT2D eigenvalue weighted by atomic mass is 35.5. The van der Waals surface area contributed by atoms with Gasteiger partial charge in [-0.25, -0.2) is 0 Å². The third-order valence-corrected chi connectivity index (χ3v) is 6.65. The number of para-hydroxylation sites is 1. The Hall–Kier alpha value is -3.35. The summed E-state index contributed by atoms with van der Waals surface area (Å²) in [5.74, 6) is 0.118. The Morgan fingerprint density at radius 3 is 2.48 bits per heavy atom. The number of aromatic nitrogens is 2. The van der Waals surface area contributed by atoms with Crippen LogP contribution < -0.4 is 10.2 Å². The molecule has 2 N–H and O–H groups in total. The lowest BCUT2D eigenvalue weighted by molar-refractivity contribution is 0.472. The van der Waals surface area contributed by atoms with Crippen molar-refractivity contribution in [3.63, 3.8) is 0 Å². The molecule has 0 bridgehead atoms. The summed E-state index contributed by atoms with van der Waals surface area (Å²) in [5.41, 5.74) is 5.84. The molecule has 0 saturated carbocycles. The number of thiocarbonyl (C=S) groups is 1. The van der Waals surface area contributed by atoms with E-state index >= 15 is 0 Å². The number of hydrogen-bond acceptors (Lipinski definition) is 3. The second-order valence-corrected chi connectivity index (χ2v) is 8.95. The second-order valence-electron chi connectivity index (χ2n) is 8.13. The summed E-state index contributed by atoms with van der Waals surface area (Å²) in [5, 5.41) is 15.2. The largest absolute Gasteiger partial charge is 0.506 e. The molecule has 1 saturated heterocycles. The monoisotopic (exact) mass is 474 g/mol. The molecule has 2 aromatic carbocycles. The summed E-state index contributed by atoms with van der Waals surface area (Å²) in [4.78, 5) is 6.56. The standard InChI is InChI=1S/C26H23ClN4OS/c1-16-14-20(17(2)30(16)19-8-4-3-5-9-19)25-24(21-10-6-7-13-28-21)29-26(33)31(25)22-15-18(27)11-12-23(22)32/h3-15,24-25,32H,1-2H3,(H,29,33)/t24-,25-/m0/s1. The van der Waals surface area contributed by atoms with Crippen LogP contribution in [0.25, 0.3) is 5.69 Å². The molecular weight excluding hydrogens is 452 g/mol. The van der Waals surface area contributed by atoms with E-state index in [1.165, 1.54) is 0 Å². The van der Waals surface area contributed by atoms with Gasteiger partial charge < -0.3 is 19.9 Å². The van der Waals surface area contributed by atoms with Gasteiger partial charge in [-0.3, -0.25) is 4.98 Å². The lowest BCUT2D eigenvalue weighted by atomic mass is 9.96. The molecule has 7 heteroatoms. The molecule has 1 aliphatic rings. The zero-order valence-corrected chi connectivity index (χ0v) is 19.8. The lowest BCUT2D eigenvalue weighted by Gasteiger charge is -2.28. The van der Waals surface area contributed by atoms with E-state index in [2.05, 4.69) is 46.9 Å². The van der Waals surface area contributed by atoms with E-state index < -0.39 is 0 Å². The average molecular weight is 475 g/mol. The number of halogens is 1. The molecule has 1 fully saturated rings. The SMILES string of the molecule is Cc1cc([C@H]2[C@H](c3ccccn3)NC(=S)N2c2cc(Cl)ccc2O)c(C)n1-c1ccccc1. The first-order chi connectivity index (χ1) is 16.0. The van der Waals surface area contributed by atoms with E-state index in [0.29, 0.717) is 15.8 Å². The first-order valence-corrected chi connectivity index (χ1v) is 11.5. The number of phenols is 1. The third kappa shape index (κ3) is 3.75. The minimum atomic E-state index is -0.236. The molecule has 0 radical (unpaired) electrons. The fourth-order valence-corrected chi connectivity index (χ4v) is 5.19. The van der Waals surface area contributed by atoms with Crippen LogP contribution in [0.1, 0.15) is 34.7 Å². The van der Waals surface area contributed by atoms with Crippen molar-refractivity contribution in [2.75, 3.05) is 4.90 Å². The van der Waals surface area contributed by atoms with Crippen molar-refractivity contribution in [2.24, 2.45) is 0 Å². The van der Waals surface area contributed by atoms with Gasteiger partial charge >= 0.3 is 0 Å². The van der Waals surface area contributed by atoms with Gasteiger partial charge in [-0.2, -0.15) is 0 Å². The minimum Gasteiger partial charge on any atom is -0.506 e. The van der Waals surface area contributed by atoms with Gasteiger partial charge in [0.1, 0.15) is 5.75 Å². The number of benzene rings is 2. The lowest BCUT2D eigenvalue weighted by Crippen LogP contribution is -2.29. The molecule has 0 unspecified atom stereocenters. The highest BCUT2D eigenvalue weighted by Gasteiger charge is 2.43. The highest BCUT2D eigenvalue weighted by Crippen LogP contribution is 2.46. The molecule has 4 aromatic rings. The van der Waals surface area contributed by atoms with E-state index in [1.54, 1.807) is 24.4 Å². The summed E-state index contributed by atoms with van der Waals surface area (Å²) in [6.45, 7) is 4.21. The molecule has 0 amide bonds. The Labute approximate surface area is 203 Å². The van der Waals surface area contributed by atoms with Crippen LogP contribution in [0.2, 0.25) is 5.02 Å². The molecule has 5 rings (SSSR count). The fraction of sp³-hybridized carbons (Fsp3) is 0.154. The molecule has 166 valence electrons. The van der Waals surface area contributed by atoms with Crippen molar-refractivity contribution in [1.29, 1.82) is 0 Å². The van der Waals surface area contributed by atoms with E-state index in [1.807, 2.05) is 41.3 Å². The molecule has 0 spiro atoms. The number of nitrogens with one attached hydrogen (secondary N) is 1. The number of pyridine rings is 1. The van der Waals surface area contributed by atoms with Crippen molar-refractivity contribution in [3.8, 4) is 11.4 Å². The van der Waals surface area contributed by atoms with Gasteiger partial charge in [0, 0.05) is 28.3 Å². The molecule has 2 atom stereocenters. The summed E-state index contributed by atoms with van der Waals surface area (Å²) in [7, 11) is 0. The first kappa shape index (κ1) is 21.5. The van der Waals surface area contributed by atoms with Crippen molar-refractivity contribution < 1.29 is 5.11 Å². The number of anilines is 1. The number of aryl methyl sites for hydroxylation is 1. The molecular formula is C26H23ClN4OS. The predicted octanol–water partition coefficient (Wildman–Crippen LogP) is 6.03. The van der Waals surface area contributed by atoms with E-state index in [9.17, 15) is 5.11 Å². The molecule has 2 aromatic heterocycles. The number of nitrogens with zero attached hydrogens (tertiary/aromatic N) is 3. The van der Waals surface area contributed by atoms with E-state index in [-0.39, 0.29) is 17.8 Å². The maximum atomic E-state index is 10.7. The molecule has 3 heterocycles. The quantitative estimate of drug-likeness (QED) is 0.354. The number of hydrogen-bond donors (Lipinski definition) is 2. The zero-order valence-electron chi connectivity index (χ0n) is 18.2. The van der Waals surface area contributed by atoms with Crippen LogP contribution in [0.5, 0.6) is 5.75 Å². The first-order valence-electron chi connectivity index (χ1n) is 10.7. The van der Waals surface area contributed by atoms with Crippen LogP contribution in [-0.4, -0.2) is 19.8 Å². The van der Waals surface area contributed by atoms with Crippen LogP contribution in [0.4, 0.5) is 5.69 Å². The van der Waals surface area contributed by atoms with E-state index in [0.717, 1.165) is 28.3 Å². The van der Waals surface area contributed by atoms with Crippen molar-refractivity contribution in [3.05, 3.63) is 107 Å². The summed E-state index contributed by atoms with van der Waals surface area (Å²) >= 11 is 12.1. The molecule has 1 aliphatic heterocycles. The Morgan fingerprint density at radius 2 is 1.76 bits per heavy atom. The number of phenolic OH excluding ortho intramolecular Hbond substituents is 1. The summed E-state index contributed by atoms with van der Waals surface area (Å²) < 4.78 is 2.24. The van der Waals surface area contributed by atoms with Gasteiger partial charge in [0.05, 0.1) is 23.5 Å². The van der Waals surface area contributed by atoms with Gasteiger partial charge in [-0.15, -0.1) is 0 Å². The van der Waals surface area contributed by atoms with Crippen molar-refractivity contribution in [1.82, 2.24) is 14.9 Å². The van der Waals surface area contributed by atoms with Gasteiger partial charge in [0.2, 0.25) is 0 Å². The van der Waals surface area contributed by atoms with Crippen LogP contribution >= 0.6 is 23.8 Å². The van der Waals surface area contributed by atoms with Crippen LogP contribution in [0, 0.1) is 13.8 Å². The highest BCUT2D eigenvalue weighted by molar-refractivity contribution is 7.80. The number of aromatic hydroxyl groups is 1.